The molecule has 2 aromatic heterocycles. The fourth-order valence-electron chi connectivity index (χ4n) is 2.70. The molecule has 0 aliphatic rings. The standard InChI is InChI=1S/C18H13N3O2/c22-21(23)14-7-5-12(6-8-14)16-9-10-17(19-16)18-11-13-3-1-2-4-15(13)20-18/h1-11,19-20H. The number of nitro groups is 1. The van der Waals surface area contributed by atoms with Crippen LogP contribution in [0.15, 0.2) is 66.7 Å². The molecule has 112 valence electrons. The third-order valence-corrected chi connectivity index (χ3v) is 3.90. The van der Waals surface area contributed by atoms with Crippen LogP contribution in [-0.4, -0.2) is 14.9 Å². The molecule has 0 unspecified atom stereocenters. The number of aromatic nitrogens is 2. The van der Waals surface area contributed by atoms with Gasteiger partial charge in [-0.2, -0.15) is 0 Å². The van der Waals surface area contributed by atoms with Crippen molar-refractivity contribution in [2.24, 2.45) is 0 Å². The second-order valence-electron chi connectivity index (χ2n) is 5.36. The molecule has 4 aromatic rings. The summed E-state index contributed by atoms with van der Waals surface area (Å²) >= 11 is 0. The molecule has 23 heavy (non-hydrogen) atoms. The number of aromatic amines is 2. The fraction of sp³-hybridized carbons (Fsp3) is 0. The molecular formula is C18H13N3O2. The highest BCUT2D eigenvalue weighted by Gasteiger charge is 2.09. The van der Waals surface area contributed by atoms with E-state index in [0.717, 1.165) is 33.5 Å². The van der Waals surface area contributed by atoms with Crippen molar-refractivity contribution in [1.29, 1.82) is 0 Å². The Labute approximate surface area is 131 Å². The Morgan fingerprint density at radius 1 is 0.783 bits per heavy atom. The number of nitro benzene ring substituents is 1. The van der Waals surface area contributed by atoms with Crippen molar-refractivity contribution in [2.45, 2.75) is 0 Å². The molecule has 5 heteroatoms. The van der Waals surface area contributed by atoms with Crippen LogP contribution in [-0.2, 0) is 0 Å². The second-order valence-corrected chi connectivity index (χ2v) is 5.36. The third-order valence-electron chi connectivity index (χ3n) is 3.90. The van der Waals surface area contributed by atoms with Gasteiger partial charge in [0, 0.05) is 28.7 Å². The molecule has 0 spiro atoms. The van der Waals surface area contributed by atoms with Crippen LogP contribution in [0.2, 0.25) is 0 Å². The molecule has 0 atom stereocenters. The van der Waals surface area contributed by atoms with Gasteiger partial charge in [0.25, 0.3) is 5.69 Å². The van der Waals surface area contributed by atoms with E-state index < -0.39 is 4.92 Å². The van der Waals surface area contributed by atoms with Gasteiger partial charge in [0.1, 0.15) is 0 Å². The maximum Gasteiger partial charge on any atom is 0.269 e. The minimum absolute atomic E-state index is 0.0937. The van der Waals surface area contributed by atoms with E-state index in [1.165, 1.54) is 12.1 Å². The number of H-pyrrole nitrogens is 2. The molecule has 0 radical (unpaired) electrons. The minimum Gasteiger partial charge on any atom is -0.353 e. The van der Waals surface area contributed by atoms with Crippen LogP contribution in [0.1, 0.15) is 0 Å². The highest BCUT2D eigenvalue weighted by Crippen LogP contribution is 2.27. The molecule has 2 N–H and O–H groups in total. The van der Waals surface area contributed by atoms with Gasteiger partial charge in [0.05, 0.1) is 16.3 Å². The zero-order valence-corrected chi connectivity index (χ0v) is 12.1. The van der Waals surface area contributed by atoms with Crippen LogP contribution in [0.3, 0.4) is 0 Å². The lowest BCUT2D eigenvalue weighted by Crippen LogP contribution is -1.87. The van der Waals surface area contributed by atoms with Gasteiger partial charge in [-0.15, -0.1) is 0 Å². The van der Waals surface area contributed by atoms with Gasteiger partial charge in [0.15, 0.2) is 0 Å². The van der Waals surface area contributed by atoms with Crippen molar-refractivity contribution in [3.8, 4) is 22.6 Å². The van der Waals surface area contributed by atoms with Crippen LogP contribution < -0.4 is 0 Å². The van der Waals surface area contributed by atoms with E-state index in [1.807, 2.05) is 30.3 Å². The van der Waals surface area contributed by atoms with Crippen LogP contribution in [0.25, 0.3) is 33.5 Å². The predicted octanol–water partition coefficient (Wildman–Crippen LogP) is 4.74. The number of fused-ring (bicyclic) bond motifs is 1. The summed E-state index contributed by atoms with van der Waals surface area (Å²) in [6.45, 7) is 0. The number of nitrogens with zero attached hydrogens (tertiary/aromatic N) is 1. The van der Waals surface area contributed by atoms with Gasteiger partial charge in [-0.25, -0.2) is 0 Å². The summed E-state index contributed by atoms with van der Waals surface area (Å²) in [7, 11) is 0. The van der Waals surface area contributed by atoms with Crippen molar-refractivity contribution < 1.29 is 4.92 Å². The van der Waals surface area contributed by atoms with Gasteiger partial charge in [-0.05, 0) is 42.0 Å². The van der Waals surface area contributed by atoms with Crippen LogP contribution in [0, 0.1) is 10.1 Å². The highest BCUT2D eigenvalue weighted by molar-refractivity contribution is 5.85. The van der Waals surface area contributed by atoms with E-state index in [2.05, 4.69) is 22.1 Å². The molecule has 2 aromatic carbocycles. The summed E-state index contributed by atoms with van der Waals surface area (Å²) in [5.74, 6) is 0. The lowest BCUT2D eigenvalue weighted by molar-refractivity contribution is -0.384. The minimum atomic E-state index is -0.394. The van der Waals surface area contributed by atoms with Crippen LogP contribution in [0.4, 0.5) is 5.69 Å². The van der Waals surface area contributed by atoms with Crippen molar-refractivity contribution >= 4 is 16.6 Å². The summed E-state index contributed by atoms with van der Waals surface area (Å²) in [4.78, 5) is 17.1. The number of non-ortho nitro benzene ring substituents is 1. The van der Waals surface area contributed by atoms with Crippen molar-refractivity contribution in [3.05, 3.63) is 76.8 Å². The van der Waals surface area contributed by atoms with Gasteiger partial charge < -0.3 is 9.97 Å². The summed E-state index contributed by atoms with van der Waals surface area (Å²) in [6, 6.07) is 20.7. The van der Waals surface area contributed by atoms with E-state index in [9.17, 15) is 10.1 Å². The SMILES string of the molecule is O=[N+]([O-])c1ccc(-c2ccc(-c3cc4ccccc4[nH]3)[nH]2)cc1. The Hall–Kier alpha value is -3.34. The third kappa shape index (κ3) is 2.38. The quantitative estimate of drug-likeness (QED) is 0.424. The molecule has 0 fully saturated rings. The average molecular weight is 303 g/mol. The van der Waals surface area contributed by atoms with Crippen LogP contribution >= 0.6 is 0 Å². The van der Waals surface area contributed by atoms with E-state index in [0.29, 0.717) is 0 Å². The number of para-hydroxylation sites is 1. The molecule has 0 saturated heterocycles. The zero-order valence-electron chi connectivity index (χ0n) is 12.1. The summed E-state index contributed by atoms with van der Waals surface area (Å²) in [6.07, 6.45) is 0. The summed E-state index contributed by atoms with van der Waals surface area (Å²) in [5.41, 5.74) is 5.02. The number of benzene rings is 2. The molecule has 0 aliphatic carbocycles. The fourth-order valence-corrected chi connectivity index (χ4v) is 2.70. The van der Waals surface area contributed by atoms with Gasteiger partial charge in [-0.1, -0.05) is 18.2 Å². The van der Waals surface area contributed by atoms with E-state index in [4.69, 9.17) is 0 Å². The van der Waals surface area contributed by atoms with E-state index in [-0.39, 0.29) is 5.69 Å². The smallest absolute Gasteiger partial charge is 0.269 e. The first-order valence-corrected chi connectivity index (χ1v) is 7.23. The molecule has 0 aliphatic heterocycles. The molecule has 0 saturated carbocycles. The molecular weight excluding hydrogens is 290 g/mol. The molecule has 4 rings (SSSR count). The Morgan fingerprint density at radius 2 is 1.52 bits per heavy atom. The zero-order chi connectivity index (χ0) is 15.8. The number of hydrogen-bond donors (Lipinski definition) is 2. The Morgan fingerprint density at radius 3 is 2.26 bits per heavy atom. The van der Waals surface area contributed by atoms with Crippen molar-refractivity contribution in [1.82, 2.24) is 9.97 Å². The Kier molecular flexibility index (Phi) is 2.98. The maximum atomic E-state index is 10.7. The number of rotatable bonds is 3. The molecule has 0 amide bonds. The lowest BCUT2D eigenvalue weighted by atomic mass is 10.1. The van der Waals surface area contributed by atoms with Gasteiger partial charge in [-0.3, -0.25) is 10.1 Å². The van der Waals surface area contributed by atoms with Gasteiger partial charge in [0.2, 0.25) is 0 Å². The summed E-state index contributed by atoms with van der Waals surface area (Å²) in [5, 5.41) is 11.9. The maximum absolute atomic E-state index is 10.7. The first kappa shape index (κ1) is 13.3. The predicted molar refractivity (Wildman–Crippen MR) is 90.2 cm³/mol. The average Bonchev–Trinajstić information content (AvgIpc) is 3.21. The van der Waals surface area contributed by atoms with Gasteiger partial charge >= 0.3 is 0 Å². The van der Waals surface area contributed by atoms with Crippen molar-refractivity contribution in [3.63, 3.8) is 0 Å². The Bertz CT molecular complexity index is 963. The number of hydrogen-bond acceptors (Lipinski definition) is 2. The first-order chi connectivity index (χ1) is 11.2. The molecule has 5 nitrogen and oxygen atoms in total. The van der Waals surface area contributed by atoms with Crippen LogP contribution in [0.5, 0.6) is 0 Å². The largest absolute Gasteiger partial charge is 0.353 e. The first-order valence-electron chi connectivity index (χ1n) is 7.23. The second kappa shape index (κ2) is 5.14. The topological polar surface area (TPSA) is 74.7 Å². The molecule has 2 heterocycles. The molecule has 0 bridgehead atoms. The number of nitrogens with one attached hydrogen (secondary N) is 2. The Balaban J connectivity index is 1.69. The van der Waals surface area contributed by atoms with Crippen molar-refractivity contribution in [2.75, 3.05) is 0 Å². The summed E-state index contributed by atoms with van der Waals surface area (Å²) < 4.78 is 0. The lowest BCUT2D eigenvalue weighted by Gasteiger charge is -1.98. The monoisotopic (exact) mass is 303 g/mol. The van der Waals surface area contributed by atoms with E-state index >= 15 is 0 Å². The highest BCUT2D eigenvalue weighted by atomic mass is 16.6. The normalized spacial score (nSPS) is 11.0. The van der Waals surface area contributed by atoms with E-state index in [1.54, 1.807) is 12.1 Å².